The minimum Gasteiger partial charge on any atom is -0.508 e. The number of fused-ring (bicyclic) bond motifs is 1. The summed E-state index contributed by atoms with van der Waals surface area (Å²) in [4.78, 5) is 20.7. The first kappa shape index (κ1) is 25.2. The highest BCUT2D eigenvalue weighted by Gasteiger charge is 2.21. The molecule has 0 saturated carbocycles. The zero-order valence-electron chi connectivity index (χ0n) is 20.7. The number of pyridine rings is 2. The van der Waals surface area contributed by atoms with Gasteiger partial charge in [0.05, 0.1) is 23.7 Å². The van der Waals surface area contributed by atoms with Crippen LogP contribution in [0.25, 0.3) is 27.7 Å². The number of phenols is 1. The lowest BCUT2D eigenvalue weighted by Crippen LogP contribution is -2.35. The molecule has 1 fully saturated rings. The van der Waals surface area contributed by atoms with Crippen molar-refractivity contribution in [1.29, 1.82) is 0 Å². The first-order chi connectivity index (χ1) is 17.8. The fourth-order valence-corrected chi connectivity index (χ4v) is 5.26. The number of likely N-dealkylation sites (N-methyl/N-ethyl adjacent to an activating group) is 1. The molecule has 9 heteroatoms. The lowest BCUT2D eigenvalue weighted by atomic mass is 9.97. The zero-order chi connectivity index (χ0) is 26.1. The van der Waals surface area contributed by atoms with Crippen molar-refractivity contribution < 1.29 is 14.2 Å². The summed E-state index contributed by atoms with van der Waals surface area (Å²) in [5, 5.41) is 14.4. The van der Waals surface area contributed by atoms with E-state index < -0.39 is 5.82 Å². The topological polar surface area (TPSA) is 79.6 Å². The molecule has 0 radical (unpaired) electrons. The lowest BCUT2D eigenvalue weighted by Gasteiger charge is -2.23. The molecule has 5 rings (SSSR count). The molecule has 2 aromatic carbocycles. The molecular formula is C28H28ClFN4O3. The molecule has 2 aromatic heterocycles. The van der Waals surface area contributed by atoms with Gasteiger partial charge in [0.25, 0.3) is 5.56 Å². The average Bonchev–Trinajstić information content (AvgIpc) is 3.36. The first-order valence-electron chi connectivity index (χ1n) is 12.1. The van der Waals surface area contributed by atoms with Crippen LogP contribution in [0.3, 0.4) is 0 Å². The Hall–Kier alpha value is -3.46. The Bertz CT molecular complexity index is 1500. The highest BCUT2D eigenvalue weighted by molar-refractivity contribution is 6.31. The number of hydrogen-bond donors (Lipinski definition) is 2. The average molecular weight is 523 g/mol. The molecule has 4 aromatic rings. The summed E-state index contributed by atoms with van der Waals surface area (Å²) in [6, 6.07) is 11.1. The molecule has 7 nitrogen and oxygen atoms in total. The van der Waals surface area contributed by atoms with Crippen LogP contribution in [0.1, 0.15) is 18.4 Å². The predicted octanol–water partition coefficient (Wildman–Crippen LogP) is 4.74. The number of aromatic hydroxyl groups is 1. The van der Waals surface area contributed by atoms with Gasteiger partial charge in [0.15, 0.2) is 0 Å². The number of benzene rings is 2. The molecule has 0 bridgehead atoms. The van der Waals surface area contributed by atoms with Gasteiger partial charge >= 0.3 is 0 Å². The van der Waals surface area contributed by atoms with Crippen molar-refractivity contribution in [3.8, 4) is 28.3 Å². The number of phenolic OH excluding ortho intramolecular Hbond substituents is 1. The van der Waals surface area contributed by atoms with Gasteiger partial charge in [-0.3, -0.25) is 14.3 Å². The van der Waals surface area contributed by atoms with Crippen molar-refractivity contribution in [2.75, 3.05) is 27.2 Å². The molecule has 1 aliphatic heterocycles. The molecular weight excluding hydrogens is 495 g/mol. The lowest BCUT2D eigenvalue weighted by molar-refractivity contribution is 0.294. The van der Waals surface area contributed by atoms with Crippen LogP contribution in [-0.4, -0.2) is 52.8 Å². The predicted molar refractivity (Wildman–Crippen MR) is 143 cm³/mol. The highest BCUT2D eigenvalue weighted by Crippen LogP contribution is 2.33. The van der Waals surface area contributed by atoms with Crippen molar-refractivity contribution in [3.63, 3.8) is 0 Å². The summed E-state index contributed by atoms with van der Waals surface area (Å²) in [6.07, 6.45) is 5.55. The Balaban J connectivity index is 1.71. The van der Waals surface area contributed by atoms with Crippen LogP contribution in [0, 0.1) is 5.82 Å². The van der Waals surface area contributed by atoms with Crippen LogP contribution in [0.15, 0.2) is 59.7 Å². The molecule has 192 valence electrons. The van der Waals surface area contributed by atoms with E-state index in [2.05, 4.69) is 15.2 Å². The van der Waals surface area contributed by atoms with Gasteiger partial charge in [0.2, 0.25) is 0 Å². The van der Waals surface area contributed by atoms with Crippen molar-refractivity contribution in [2.45, 2.75) is 25.4 Å². The van der Waals surface area contributed by atoms with Crippen molar-refractivity contribution in [3.05, 3.63) is 81.6 Å². The van der Waals surface area contributed by atoms with Crippen LogP contribution in [0.4, 0.5) is 4.39 Å². The largest absolute Gasteiger partial charge is 0.508 e. The summed E-state index contributed by atoms with van der Waals surface area (Å²) in [5.41, 5.74) is 2.73. The van der Waals surface area contributed by atoms with Crippen molar-refractivity contribution in [1.82, 2.24) is 19.8 Å². The van der Waals surface area contributed by atoms with Crippen molar-refractivity contribution in [2.24, 2.45) is 0 Å². The normalized spacial score (nSPS) is 15.5. The summed E-state index contributed by atoms with van der Waals surface area (Å²) in [6.45, 7) is 2.31. The Morgan fingerprint density at radius 2 is 2.11 bits per heavy atom. The highest BCUT2D eigenvalue weighted by atomic mass is 35.5. The molecule has 1 aliphatic rings. The standard InChI is InChI=1S/C28H28ClFN4O3/c1-33(15-20-4-3-6-31-20)16-25-24(17-8-18(29)10-23(9-17)37-2)14-32-26-5-7-34(28(36)27(25)26)21-11-19(30)12-22(35)13-21/h5,7-14,20,31,35H,3-4,6,15-16H2,1-2H3/t20-/m0/s1. The van der Waals surface area contributed by atoms with E-state index in [1.165, 1.54) is 16.7 Å². The quantitative estimate of drug-likeness (QED) is 0.365. The van der Waals surface area contributed by atoms with E-state index in [1.807, 2.05) is 19.2 Å². The van der Waals surface area contributed by atoms with E-state index in [0.29, 0.717) is 34.3 Å². The van der Waals surface area contributed by atoms with Gasteiger partial charge in [-0.15, -0.1) is 0 Å². The fourth-order valence-electron chi connectivity index (χ4n) is 5.04. The first-order valence-corrected chi connectivity index (χ1v) is 12.5. The van der Waals surface area contributed by atoms with Crippen LogP contribution < -0.4 is 15.6 Å². The number of nitrogens with zero attached hydrogens (tertiary/aromatic N) is 3. The molecule has 3 heterocycles. The van der Waals surface area contributed by atoms with Gasteiger partial charge < -0.3 is 20.1 Å². The van der Waals surface area contributed by atoms with E-state index in [9.17, 15) is 14.3 Å². The third-order valence-electron chi connectivity index (χ3n) is 6.72. The van der Waals surface area contributed by atoms with Crippen molar-refractivity contribution >= 4 is 22.5 Å². The Morgan fingerprint density at radius 1 is 1.27 bits per heavy atom. The molecule has 37 heavy (non-hydrogen) atoms. The molecule has 1 saturated heterocycles. The number of rotatable bonds is 7. The smallest absolute Gasteiger partial charge is 0.264 e. The minimum atomic E-state index is -0.635. The molecule has 0 unspecified atom stereocenters. The van der Waals surface area contributed by atoms with Crippen LogP contribution >= 0.6 is 11.6 Å². The maximum Gasteiger partial charge on any atom is 0.264 e. The molecule has 1 atom stereocenters. The third kappa shape index (κ3) is 5.32. The number of aromatic nitrogens is 2. The Kier molecular flexibility index (Phi) is 7.15. The van der Waals surface area contributed by atoms with E-state index in [1.54, 1.807) is 31.6 Å². The van der Waals surface area contributed by atoms with E-state index in [-0.39, 0.29) is 17.0 Å². The van der Waals surface area contributed by atoms with Gasteiger partial charge in [0.1, 0.15) is 17.3 Å². The number of hydrogen-bond acceptors (Lipinski definition) is 6. The Labute approximate surface area is 219 Å². The summed E-state index contributed by atoms with van der Waals surface area (Å²) in [7, 11) is 3.60. The minimum absolute atomic E-state index is 0.230. The van der Waals surface area contributed by atoms with E-state index in [4.69, 9.17) is 16.3 Å². The van der Waals surface area contributed by atoms with Gasteiger partial charge in [-0.05, 0) is 67.9 Å². The van der Waals surface area contributed by atoms with Crippen LogP contribution in [0.5, 0.6) is 11.5 Å². The maximum atomic E-state index is 14.1. The molecule has 2 N–H and O–H groups in total. The van der Waals surface area contributed by atoms with E-state index >= 15 is 0 Å². The molecule has 0 spiro atoms. The Morgan fingerprint density at radius 3 is 2.84 bits per heavy atom. The number of methoxy groups -OCH3 is 1. The zero-order valence-corrected chi connectivity index (χ0v) is 21.4. The van der Waals surface area contributed by atoms with E-state index in [0.717, 1.165) is 48.7 Å². The maximum absolute atomic E-state index is 14.1. The fraction of sp³-hybridized carbons (Fsp3) is 0.286. The summed E-state index contributed by atoms with van der Waals surface area (Å²) < 4.78 is 20.8. The number of ether oxygens (including phenoxy) is 1. The summed E-state index contributed by atoms with van der Waals surface area (Å²) in [5.74, 6) is -0.300. The monoisotopic (exact) mass is 522 g/mol. The second kappa shape index (κ2) is 10.5. The van der Waals surface area contributed by atoms with Gasteiger partial charge in [-0.2, -0.15) is 0 Å². The van der Waals surface area contributed by atoms with Gasteiger partial charge in [-0.25, -0.2) is 4.39 Å². The third-order valence-corrected chi connectivity index (χ3v) is 6.93. The van der Waals surface area contributed by atoms with Gasteiger partial charge in [-0.1, -0.05) is 11.6 Å². The van der Waals surface area contributed by atoms with Gasteiger partial charge in [0, 0.05) is 54.2 Å². The van der Waals surface area contributed by atoms with Crippen LogP contribution in [-0.2, 0) is 6.54 Å². The number of nitrogens with one attached hydrogen (secondary N) is 1. The summed E-state index contributed by atoms with van der Waals surface area (Å²) >= 11 is 6.39. The molecule has 0 aliphatic carbocycles. The SMILES string of the molecule is COc1cc(Cl)cc(-c2cnc3ccn(-c4cc(O)cc(F)c4)c(=O)c3c2CN(C)C[C@@H]2CCCN2)c1. The number of halogens is 2. The second-order valence-electron chi connectivity index (χ2n) is 9.44. The van der Waals surface area contributed by atoms with Crippen LogP contribution in [0.2, 0.25) is 5.02 Å². The second-order valence-corrected chi connectivity index (χ2v) is 9.88. The molecule has 0 amide bonds.